The van der Waals surface area contributed by atoms with Crippen molar-refractivity contribution < 1.29 is 0 Å². The van der Waals surface area contributed by atoms with Crippen molar-refractivity contribution in [1.82, 2.24) is 0 Å². The molecule has 0 rings (SSSR count). The Morgan fingerprint density at radius 1 is 1.44 bits per heavy atom. The van der Waals surface area contributed by atoms with E-state index < -0.39 is 0 Å². The highest BCUT2D eigenvalue weighted by atomic mass is 14.1. The maximum Gasteiger partial charge on any atom is -0.0213 e. The highest BCUT2D eigenvalue weighted by Crippen LogP contribution is 2.16. The van der Waals surface area contributed by atoms with E-state index in [9.17, 15) is 0 Å². The zero-order valence-electron chi connectivity index (χ0n) is 6.85. The summed E-state index contributed by atoms with van der Waals surface area (Å²) in [5.41, 5.74) is 0. The third-order valence-electron chi connectivity index (χ3n) is 1.78. The number of hydrogen-bond acceptors (Lipinski definition) is 0. The van der Waals surface area contributed by atoms with Gasteiger partial charge in [-0.15, -0.1) is 6.58 Å². The minimum Gasteiger partial charge on any atom is -0.103 e. The van der Waals surface area contributed by atoms with Crippen LogP contribution < -0.4 is 0 Å². The third kappa shape index (κ3) is 3.34. The van der Waals surface area contributed by atoms with Gasteiger partial charge in [-0.1, -0.05) is 33.3 Å². The van der Waals surface area contributed by atoms with Crippen LogP contribution in [-0.2, 0) is 0 Å². The average molecular weight is 126 g/mol. The van der Waals surface area contributed by atoms with Crippen molar-refractivity contribution in [3.8, 4) is 0 Å². The molecule has 1 atom stereocenters. The molecule has 0 radical (unpaired) electrons. The molecule has 0 saturated carbocycles. The van der Waals surface area contributed by atoms with E-state index in [0.717, 1.165) is 11.8 Å². The fourth-order valence-electron chi connectivity index (χ4n) is 1.06. The van der Waals surface area contributed by atoms with Gasteiger partial charge in [0.05, 0.1) is 0 Å². The Bertz CT molecular complexity index is 72.1. The van der Waals surface area contributed by atoms with Crippen molar-refractivity contribution in [2.75, 3.05) is 0 Å². The minimum absolute atomic E-state index is 0.731. The van der Waals surface area contributed by atoms with E-state index in [1.807, 2.05) is 0 Å². The van der Waals surface area contributed by atoms with E-state index in [0.29, 0.717) is 0 Å². The predicted octanol–water partition coefficient (Wildman–Crippen LogP) is 3.24. The summed E-state index contributed by atoms with van der Waals surface area (Å²) in [6.45, 7) is 10.5. The zero-order chi connectivity index (χ0) is 7.28. The molecule has 0 bridgehead atoms. The van der Waals surface area contributed by atoms with Gasteiger partial charge >= 0.3 is 0 Å². The van der Waals surface area contributed by atoms with Crippen molar-refractivity contribution >= 4 is 0 Å². The fourth-order valence-corrected chi connectivity index (χ4v) is 1.06. The van der Waals surface area contributed by atoms with Crippen LogP contribution in [0.15, 0.2) is 12.7 Å². The first-order valence-electron chi connectivity index (χ1n) is 3.84. The molecule has 0 heterocycles. The molecule has 0 spiro atoms. The van der Waals surface area contributed by atoms with Crippen LogP contribution in [0, 0.1) is 11.8 Å². The Morgan fingerprint density at radius 2 is 2.00 bits per heavy atom. The minimum atomic E-state index is 0.731. The van der Waals surface area contributed by atoms with Gasteiger partial charge in [0.15, 0.2) is 0 Å². The summed E-state index contributed by atoms with van der Waals surface area (Å²) in [5, 5.41) is 0. The lowest BCUT2D eigenvalue weighted by molar-refractivity contribution is 0.433. The smallest absolute Gasteiger partial charge is 0.0213 e. The Morgan fingerprint density at radius 3 is 2.11 bits per heavy atom. The van der Waals surface area contributed by atoms with Gasteiger partial charge in [0.25, 0.3) is 0 Å². The summed E-state index contributed by atoms with van der Waals surface area (Å²) < 4.78 is 0. The van der Waals surface area contributed by atoms with Gasteiger partial charge in [-0.05, 0) is 18.3 Å². The molecule has 0 aromatic rings. The first kappa shape index (κ1) is 8.74. The van der Waals surface area contributed by atoms with E-state index >= 15 is 0 Å². The molecular formula is C9H18. The summed E-state index contributed by atoms with van der Waals surface area (Å²) >= 11 is 0. The van der Waals surface area contributed by atoms with Gasteiger partial charge in [-0.3, -0.25) is 0 Å². The molecule has 0 aromatic heterocycles. The van der Waals surface area contributed by atoms with Crippen molar-refractivity contribution in [2.45, 2.75) is 33.6 Å². The number of rotatable bonds is 4. The molecule has 0 nitrogen and oxygen atoms in total. The van der Waals surface area contributed by atoms with Crippen molar-refractivity contribution in [3.63, 3.8) is 0 Å². The van der Waals surface area contributed by atoms with Crippen LogP contribution in [0.5, 0.6) is 0 Å². The molecule has 54 valence electrons. The van der Waals surface area contributed by atoms with E-state index in [1.54, 1.807) is 0 Å². The Hall–Kier alpha value is -0.260. The van der Waals surface area contributed by atoms with E-state index in [-0.39, 0.29) is 0 Å². The maximum atomic E-state index is 3.80. The topological polar surface area (TPSA) is 0 Å². The monoisotopic (exact) mass is 126 g/mol. The molecule has 0 amide bonds. The van der Waals surface area contributed by atoms with Crippen LogP contribution in [0.2, 0.25) is 0 Å². The summed E-state index contributed by atoms with van der Waals surface area (Å²) in [6.07, 6.45) is 4.64. The van der Waals surface area contributed by atoms with Gasteiger partial charge in [0.2, 0.25) is 0 Å². The maximum absolute atomic E-state index is 3.80. The highest BCUT2D eigenvalue weighted by molar-refractivity contribution is 4.80. The lowest BCUT2D eigenvalue weighted by Gasteiger charge is -2.14. The SMILES string of the molecule is C=C[C@@H](CCC)C(C)C. The second-order valence-electron chi connectivity index (χ2n) is 2.93. The second kappa shape index (κ2) is 4.60. The first-order valence-corrected chi connectivity index (χ1v) is 3.84. The summed E-state index contributed by atoms with van der Waals surface area (Å²) in [5.74, 6) is 1.50. The molecule has 0 aliphatic rings. The van der Waals surface area contributed by atoms with Gasteiger partial charge in [-0.25, -0.2) is 0 Å². The Balaban J connectivity index is 3.54. The van der Waals surface area contributed by atoms with Crippen molar-refractivity contribution in [3.05, 3.63) is 12.7 Å². The molecular weight excluding hydrogens is 108 g/mol. The third-order valence-corrected chi connectivity index (χ3v) is 1.78. The van der Waals surface area contributed by atoms with E-state index in [1.165, 1.54) is 12.8 Å². The molecule has 0 unspecified atom stereocenters. The second-order valence-corrected chi connectivity index (χ2v) is 2.93. The first-order chi connectivity index (χ1) is 4.22. The number of hydrogen-bond donors (Lipinski definition) is 0. The Kier molecular flexibility index (Phi) is 4.47. The van der Waals surface area contributed by atoms with Gasteiger partial charge in [0.1, 0.15) is 0 Å². The molecule has 0 aliphatic carbocycles. The molecule has 9 heavy (non-hydrogen) atoms. The molecule has 0 fully saturated rings. The normalized spacial score (nSPS) is 13.8. The van der Waals surface area contributed by atoms with Gasteiger partial charge < -0.3 is 0 Å². The van der Waals surface area contributed by atoms with Crippen LogP contribution in [0.4, 0.5) is 0 Å². The largest absolute Gasteiger partial charge is 0.103 e. The van der Waals surface area contributed by atoms with Crippen molar-refractivity contribution in [2.24, 2.45) is 11.8 Å². The fraction of sp³-hybridized carbons (Fsp3) is 0.778. The molecule has 0 aromatic carbocycles. The quantitative estimate of drug-likeness (QED) is 0.507. The number of allylic oxidation sites excluding steroid dienone is 1. The average Bonchev–Trinajstić information content (AvgIpc) is 1.82. The summed E-state index contributed by atoms with van der Waals surface area (Å²) in [6, 6.07) is 0. The van der Waals surface area contributed by atoms with Crippen LogP contribution in [0.1, 0.15) is 33.6 Å². The van der Waals surface area contributed by atoms with Gasteiger partial charge in [0, 0.05) is 0 Å². The van der Waals surface area contributed by atoms with Crippen LogP contribution in [-0.4, -0.2) is 0 Å². The van der Waals surface area contributed by atoms with E-state index in [2.05, 4.69) is 33.4 Å². The molecule has 0 heteroatoms. The molecule has 0 N–H and O–H groups in total. The zero-order valence-corrected chi connectivity index (χ0v) is 6.85. The van der Waals surface area contributed by atoms with Gasteiger partial charge in [-0.2, -0.15) is 0 Å². The highest BCUT2D eigenvalue weighted by Gasteiger charge is 2.05. The lowest BCUT2D eigenvalue weighted by Crippen LogP contribution is -2.03. The van der Waals surface area contributed by atoms with Crippen LogP contribution in [0.25, 0.3) is 0 Å². The Labute approximate surface area is 59.0 Å². The predicted molar refractivity (Wildman–Crippen MR) is 43.4 cm³/mol. The van der Waals surface area contributed by atoms with Crippen LogP contribution >= 0.6 is 0 Å². The van der Waals surface area contributed by atoms with Crippen LogP contribution in [0.3, 0.4) is 0 Å². The molecule has 0 aliphatic heterocycles. The molecule has 0 saturated heterocycles. The standard InChI is InChI=1S/C9H18/c1-5-7-9(6-2)8(3)4/h6,8-9H,2,5,7H2,1,3-4H3/t9-/m0/s1. The van der Waals surface area contributed by atoms with Crippen molar-refractivity contribution in [1.29, 1.82) is 0 Å². The lowest BCUT2D eigenvalue weighted by atomic mass is 9.92. The summed E-state index contributed by atoms with van der Waals surface area (Å²) in [4.78, 5) is 0. The van der Waals surface area contributed by atoms with E-state index in [4.69, 9.17) is 0 Å². The summed E-state index contributed by atoms with van der Waals surface area (Å²) in [7, 11) is 0.